The van der Waals surface area contributed by atoms with Crippen molar-refractivity contribution in [2.24, 2.45) is 0 Å². The van der Waals surface area contributed by atoms with E-state index in [0.29, 0.717) is 25.9 Å². The normalized spacial score (nSPS) is 11.9. The number of nitrogens with one attached hydrogen (secondary N) is 1. The predicted octanol–water partition coefficient (Wildman–Crippen LogP) is 0.698. The van der Waals surface area contributed by atoms with Crippen LogP contribution in [0.5, 0.6) is 0 Å². The van der Waals surface area contributed by atoms with E-state index < -0.39 is 10.0 Å². The fourth-order valence-corrected chi connectivity index (χ4v) is 2.95. The van der Waals surface area contributed by atoms with Crippen molar-refractivity contribution in [1.29, 1.82) is 0 Å². The SMILES string of the molecule is CN(C)CCCN(CC(=O)NCCc1ccc(F)cc1)S(C)(=O)=O. The lowest BCUT2D eigenvalue weighted by molar-refractivity contribution is -0.121. The lowest BCUT2D eigenvalue weighted by Crippen LogP contribution is -2.41. The maximum Gasteiger partial charge on any atom is 0.235 e. The van der Waals surface area contributed by atoms with Crippen LogP contribution in [0.15, 0.2) is 24.3 Å². The second kappa shape index (κ2) is 9.71. The molecule has 0 saturated carbocycles. The number of sulfonamides is 1. The molecule has 6 nitrogen and oxygen atoms in total. The van der Waals surface area contributed by atoms with Gasteiger partial charge in [0.15, 0.2) is 0 Å². The van der Waals surface area contributed by atoms with Crippen LogP contribution in [-0.4, -0.2) is 70.1 Å². The third kappa shape index (κ3) is 8.37. The number of hydrogen-bond acceptors (Lipinski definition) is 4. The molecule has 0 unspecified atom stereocenters. The van der Waals surface area contributed by atoms with Gasteiger partial charge in [0.05, 0.1) is 12.8 Å². The summed E-state index contributed by atoms with van der Waals surface area (Å²) in [5.41, 5.74) is 0.905. The summed E-state index contributed by atoms with van der Waals surface area (Å²) in [7, 11) is 0.392. The minimum atomic E-state index is -3.43. The smallest absolute Gasteiger partial charge is 0.235 e. The van der Waals surface area contributed by atoms with Gasteiger partial charge < -0.3 is 10.2 Å². The van der Waals surface area contributed by atoms with Gasteiger partial charge in [-0.2, -0.15) is 4.31 Å². The highest BCUT2D eigenvalue weighted by molar-refractivity contribution is 7.88. The van der Waals surface area contributed by atoms with E-state index >= 15 is 0 Å². The van der Waals surface area contributed by atoms with Crippen molar-refractivity contribution in [3.8, 4) is 0 Å². The summed E-state index contributed by atoms with van der Waals surface area (Å²) in [6.07, 6.45) is 2.32. The highest BCUT2D eigenvalue weighted by atomic mass is 32.2. The van der Waals surface area contributed by atoms with Crippen molar-refractivity contribution in [2.45, 2.75) is 12.8 Å². The number of hydrogen-bond donors (Lipinski definition) is 1. The molecule has 1 rings (SSSR count). The van der Waals surface area contributed by atoms with E-state index in [9.17, 15) is 17.6 Å². The fourth-order valence-electron chi connectivity index (χ4n) is 2.14. The Labute approximate surface area is 143 Å². The molecule has 0 aliphatic heterocycles. The second-order valence-corrected chi connectivity index (χ2v) is 7.96. The maximum atomic E-state index is 12.8. The first kappa shape index (κ1) is 20.5. The summed E-state index contributed by atoms with van der Waals surface area (Å²) in [5, 5.41) is 2.70. The van der Waals surface area contributed by atoms with Crippen LogP contribution >= 0.6 is 0 Å². The van der Waals surface area contributed by atoms with Gasteiger partial charge >= 0.3 is 0 Å². The first-order chi connectivity index (χ1) is 11.2. The van der Waals surface area contributed by atoms with Crippen LogP contribution in [0.4, 0.5) is 4.39 Å². The number of carbonyl (C=O) groups excluding carboxylic acids is 1. The number of halogens is 1. The third-order valence-electron chi connectivity index (χ3n) is 3.45. The minimum Gasteiger partial charge on any atom is -0.355 e. The van der Waals surface area contributed by atoms with Crippen LogP contribution in [0, 0.1) is 5.82 Å². The second-order valence-electron chi connectivity index (χ2n) is 5.98. The van der Waals surface area contributed by atoms with E-state index in [1.54, 1.807) is 12.1 Å². The monoisotopic (exact) mass is 359 g/mol. The molecule has 0 aliphatic carbocycles. The lowest BCUT2D eigenvalue weighted by atomic mass is 10.1. The summed E-state index contributed by atoms with van der Waals surface area (Å²) in [6, 6.07) is 6.05. The molecule has 0 radical (unpaired) electrons. The number of amides is 1. The number of nitrogens with zero attached hydrogens (tertiary/aromatic N) is 2. The molecule has 0 aliphatic rings. The Kier molecular flexibility index (Phi) is 8.30. The molecule has 0 atom stereocenters. The largest absolute Gasteiger partial charge is 0.355 e. The van der Waals surface area contributed by atoms with Crippen molar-refractivity contribution < 1.29 is 17.6 Å². The topological polar surface area (TPSA) is 69.7 Å². The van der Waals surface area contributed by atoms with Crippen molar-refractivity contribution in [3.63, 3.8) is 0 Å². The van der Waals surface area contributed by atoms with E-state index in [1.165, 1.54) is 16.4 Å². The van der Waals surface area contributed by atoms with Crippen LogP contribution in [0.1, 0.15) is 12.0 Å². The van der Waals surface area contributed by atoms with Gasteiger partial charge in [-0.3, -0.25) is 4.79 Å². The Hall–Kier alpha value is -1.51. The van der Waals surface area contributed by atoms with E-state index in [2.05, 4.69) is 5.32 Å². The zero-order chi connectivity index (χ0) is 18.2. The summed E-state index contributed by atoms with van der Waals surface area (Å²) >= 11 is 0. The molecule has 0 spiro atoms. The van der Waals surface area contributed by atoms with E-state index in [0.717, 1.165) is 18.4 Å². The Morgan fingerprint density at radius 3 is 2.33 bits per heavy atom. The van der Waals surface area contributed by atoms with Gasteiger partial charge in [0.2, 0.25) is 15.9 Å². The zero-order valence-electron chi connectivity index (χ0n) is 14.5. The molecular formula is C16H26FN3O3S. The van der Waals surface area contributed by atoms with Gasteiger partial charge in [0.25, 0.3) is 0 Å². The maximum absolute atomic E-state index is 12.8. The van der Waals surface area contributed by atoms with Crippen molar-refractivity contribution in [3.05, 3.63) is 35.6 Å². The van der Waals surface area contributed by atoms with Crippen molar-refractivity contribution in [2.75, 3.05) is 46.5 Å². The third-order valence-corrected chi connectivity index (χ3v) is 4.70. The Bertz CT molecular complexity index is 618. The first-order valence-corrected chi connectivity index (χ1v) is 9.64. The highest BCUT2D eigenvalue weighted by Gasteiger charge is 2.19. The molecule has 0 saturated heterocycles. The summed E-state index contributed by atoms with van der Waals surface area (Å²) < 4.78 is 37.5. The van der Waals surface area contributed by atoms with Crippen molar-refractivity contribution in [1.82, 2.24) is 14.5 Å². The molecule has 1 aromatic carbocycles. The van der Waals surface area contributed by atoms with Gasteiger partial charge in [-0.1, -0.05) is 12.1 Å². The molecule has 1 amide bonds. The zero-order valence-corrected chi connectivity index (χ0v) is 15.3. The molecule has 136 valence electrons. The van der Waals surface area contributed by atoms with Crippen molar-refractivity contribution >= 4 is 15.9 Å². The minimum absolute atomic E-state index is 0.185. The Morgan fingerprint density at radius 1 is 1.17 bits per heavy atom. The molecule has 24 heavy (non-hydrogen) atoms. The summed E-state index contributed by atoms with van der Waals surface area (Å²) in [5.74, 6) is -0.642. The number of carbonyl (C=O) groups is 1. The number of benzene rings is 1. The van der Waals surface area contributed by atoms with E-state index in [1.807, 2.05) is 19.0 Å². The first-order valence-electron chi connectivity index (χ1n) is 7.79. The molecular weight excluding hydrogens is 333 g/mol. The van der Waals surface area contributed by atoms with Gasteiger partial charge in [-0.05, 0) is 51.2 Å². The van der Waals surface area contributed by atoms with Crippen LogP contribution < -0.4 is 5.32 Å². The molecule has 0 bridgehead atoms. The molecule has 0 heterocycles. The van der Waals surface area contributed by atoms with Crippen LogP contribution in [-0.2, 0) is 21.2 Å². The van der Waals surface area contributed by atoms with Crippen LogP contribution in [0.2, 0.25) is 0 Å². The quantitative estimate of drug-likeness (QED) is 0.668. The van der Waals surface area contributed by atoms with Gasteiger partial charge in [-0.25, -0.2) is 12.8 Å². The fraction of sp³-hybridized carbons (Fsp3) is 0.562. The van der Waals surface area contributed by atoms with Crippen LogP contribution in [0.3, 0.4) is 0 Å². The average Bonchev–Trinajstić information content (AvgIpc) is 2.47. The summed E-state index contributed by atoms with van der Waals surface area (Å²) in [4.78, 5) is 13.9. The molecule has 1 aromatic rings. The lowest BCUT2D eigenvalue weighted by Gasteiger charge is -2.20. The van der Waals surface area contributed by atoms with Gasteiger partial charge in [-0.15, -0.1) is 0 Å². The Balaban J connectivity index is 2.42. The van der Waals surface area contributed by atoms with Gasteiger partial charge in [0, 0.05) is 13.1 Å². The molecule has 0 fully saturated rings. The highest BCUT2D eigenvalue weighted by Crippen LogP contribution is 2.03. The standard InChI is InChI=1S/C16H26FN3O3S/c1-19(2)11-4-12-20(24(3,22)23)13-16(21)18-10-9-14-5-7-15(17)8-6-14/h5-8H,4,9-13H2,1-3H3,(H,18,21). The molecule has 0 aromatic heterocycles. The average molecular weight is 359 g/mol. The van der Waals surface area contributed by atoms with Crippen LogP contribution in [0.25, 0.3) is 0 Å². The Morgan fingerprint density at radius 2 is 1.79 bits per heavy atom. The van der Waals surface area contributed by atoms with E-state index in [4.69, 9.17) is 0 Å². The van der Waals surface area contributed by atoms with E-state index in [-0.39, 0.29) is 18.3 Å². The summed E-state index contributed by atoms with van der Waals surface area (Å²) in [6.45, 7) is 1.25. The van der Waals surface area contributed by atoms with Gasteiger partial charge in [0.1, 0.15) is 5.82 Å². The predicted molar refractivity (Wildman–Crippen MR) is 92.7 cm³/mol. The molecule has 1 N–H and O–H groups in total. The number of rotatable bonds is 10. The molecule has 8 heteroatoms.